The number of aldehydes is 1. The van der Waals surface area contributed by atoms with Crippen LogP contribution in [0.1, 0.15) is 58.3 Å². The van der Waals surface area contributed by atoms with Crippen molar-refractivity contribution >= 4 is 18.2 Å². The van der Waals surface area contributed by atoms with Gasteiger partial charge in [0, 0.05) is 36.7 Å². The summed E-state index contributed by atoms with van der Waals surface area (Å²) in [5, 5.41) is 22.3. The SMILES string of the molecule is CCOC(=O)C1c2ccoc2CC2C1C(OC(C)=O)C(O)C1(OC(O)CC1(C)C)C2(C)C=O. The maximum atomic E-state index is 13.2. The van der Waals surface area contributed by atoms with Crippen LogP contribution in [0.25, 0.3) is 0 Å². The Morgan fingerprint density at radius 1 is 1.27 bits per heavy atom. The van der Waals surface area contributed by atoms with Crippen LogP contribution in [0.2, 0.25) is 0 Å². The van der Waals surface area contributed by atoms with Gasteiger partial charge in [-0.1, -0.05) is 13.8 Å². The number of aliphatic hydroxyl groups excluding tert-OH is 2. The van der Waals surface area contributed by atoms with Gasteiger partial charge in [-0.25, -0.2) is 0 Å². The van der Waals surface area contributed by atoms with Crippen molar-refractivity contribution in [2.75, 3.05) is 6.61 Å². The fourth-order valence-corrected chi connectivity index (χ4v) is 6.99. The first-order chi connectivity index (χ1) is 15.4. The molecular weight excluding hydrogens is 432 g/mol. The molecule has 33 heavy (non-hydrogen) atoms. The Morgan fingerprint density at radius 3 is 2.52 bits per heavy atom. The molecule has 1 aromatic rings. The minimum absolute atomic E-state index is 0.137. The number of aliphatic hydroxyl groups is 2. The zero-order chi connectivity index (χ0) is 24.3. The van der Waals surface area contributed by atoms with E-state index < -0.39 is 64.6 Å². The first-order valence-electron chi connectivity index (χ1n) is 11.4. The molecule has 182 valence electrons. The third-order valence-electron chi connectivity index (χ3n) is 8.15. The molecule has 3 aliphatic rings. The van der Waals surface area contributed by atoms with Gasteiger partial charge in [0.15, 0.2) is 6.29 Å². The highest BCUT2D eigenvalue weighted by atomic mass is 16.6. The van der Waals surface area contributed by atoms with Gasteiger partial charge in [-0.15, -0.1) is 0 Å². The highest BCUT2D eigenvalue weighted by Gasteiger charge is 2.76. The minimum Gasteiger partial charge on any atom is -0.469 e. The van der Waals surface area contributed by atoms with Gasteiger partial charge in [0.25, 0.3) is 0 Å². The lowest BCUT2D eigenvalue weighted by Crippen LogP contribution is -2.75. The molecule has 0 aromatic carbocycles. The van der Waals surface area contributed by atoms with Gasteiger partial charge in [-0.05, 0) is 25.8 Å². The van der Waals surface area contributed by atoms with Gasteiger partial charge in [-0.3, -0.25) is 9.59 Å². The molecule has 1 aliphatic heterocycles. The van der Waals surface area contributed by atoms with Crippen molar-refractivity contribution < 1.29 is 43.2 Å². The van der Waals surface area contributed by atoms with Crippen LogP contribution in [0.4, 0.5) is 0 Å². The Morgan fingerprint density at radius 2 is 1.97 bits per heavy atom. The largest absolute Gasteiger partial charge is 0.469 e. The molecule has 2 fully saturated rings. The molecule has 1 spiro atoms. The smallest absolute Gasteiger partial charge is 0.313 e. The molecule has 2 aliphatic carbocycles. The van der Waals surface area contributed by atoms with Gasteiger partial charge in [0.2, 0.25) is 0 Å². The van der Waals surface area contributed by atoms with Crippen LogP contribution in [-0.4, -0.2) is 59.1 Å². The Balaban J connectivity index is 1.98. The number of hydrogen-bond acceptors (Lipinski definition) is 9. The average Bonchev–Trinajstić information content (AvgIpc) is 3.29. The lowest BCUT2D eigenvalue weighted by atomic mass is 9.44. The van der Waals surface area contributed by atoms with Crippen LogP contribution in [-0.2, 0) is 35.0 Å². The van der Waals surface area contributed by atoms with Crippen molar-refractivity contribution in [3.8, 4) is 0 Å². The van der Waals surface area contributed by atoms with E-state index in [0.717, 1.165) is 6.29 Å². The second-order valence-corrected chi connectivity index (χ2v) is 10.2. The van der Waals surface area contributed by atoms with Crippen molar-refractivity contribution in [3.63, 3.8) is 0 Å². The Bertz CT molecular complexity index is 951. The zero-order valence-corrected chi connectivity index (χ0v) is 19.6. The topological polar surface area (TPSA) is 133 Å². The average molecular weight is 465 g/mol. The molecule has 8 atom stereocenters. The predicted octanol–water partition coefficient (Wildman–Crippen LogP) is 1.73. The molecular formula is C24H32O9. The van der Waals surface area contributed by atoms with Crippen molar-refractivity contribution in [2.24, 2.45) is 22.7 Å². The fourth-order valence-electron chi connectivity index (χ4n) is 6.99. The molecule has 9 heteroatoms. The number of esters is 2. The van der Waals surface area contributed by atoms with Gasteiger partial charge >= 0.3 is 11.9 Å². The molecule has 2 heterocycles. The third-order valence-corrected chi connectivity index (χ3v) is 8.15. The van der Waals surface area contributed by atoms with E-state index in [2.05, 4.69) is 0 Å². The molecule has 4 rings (SSSR count). The number of fused-ring (bicyclic) bond motifs is 2. The number of rotatable bonds is 4. The summed E-state index contributed by atoms with van der Waals surface area (Å²) in [6.07, 6.45) is -1.23. The molecule has 8 unspecified atom stereocenters. The second kappa shape index (κ2) is 7.92. The van der Waals surface area contributed by atoms with E-state index in [1.54, 1.807) is 19.9 Å². The summed E-state index contributed by atoms with van der Waals surface area (Å²) in [4.78, 5) is 38.3. The lowest BCUT2D eigenvalue weighted by Gasteiger charge is -2.63. The van der Waals surface area contributed by atoms with Crippen LogP contribution < -0.4 is 0 Å². The maximum absolute atomic E-state index is 13.2. The molecule has 1 saturated carbocycles. The first kappa shape index (κ1) is 23.9. The standard InChI is InChI=1S/C24H32O9/c1-6-30-21(29)17-13-7-8-31-15(13)9-14-18(17)19(32-12(2)26)20(28)24(23(14,5)11-25)22(3,4)10-16(27)33-24/h7-8,11,14,16-20,27-28H,6,9-10H2,1-5H3. The molecule has 0 amide bonds. The van der Waals surface area contributed by atoms with E-state index >= 15 is 0 Å². The van der Waals surface area contributed by atoms with Crippen LogP contribution in [0.3, 0.4) is 0 Å². The first-order valence-corrected chi connectivity index (χ1v) is 11.4. The number of carbonyl (C=O) groups is 3. The van der Waals surface area contributed by atoms with Crippen molar-refractivity contribution in [3.05, 3.63) is 23.7 Å². The second-order valence-electron chi connectivity index (χ2n) is 10.2. The van der Waals surface area contributed by atoms with Crippen LogP contribution in [0.15, 0.2) is 16.7 Å². The molecule has 1 saturated heterocycles. The third kappa shape index (κ3) is 3.12. The number of furan rings is 1. The highest BCUT2D eigenvalue weighted by molar-refractivity contribution is 5.80. The monoisotopic (exact) mass is 464 g/mol. The van der Waals surface area contributed by atoms with E-state index in [1.165, 1.54) is 13.2 Å². The maximum Gasteiger partial charge on any atom is 0.313 e. The predicted molar refractivity (Wildman–Crippen MR) is 113 cm³/mol. The van der Waals surface area contributed by atoms with Gasteiger partial charge in [0.05, 0.1) is 24.2 Å². The van der Waals surface area contributed by atoms with E-state index in [-0.39, 0.29) is 19.4 Å². The summed E-state index contributed by atoms with van der Waals surface area (Å²) in [6, 6.07) is 1.67. The Labute approximate surface area is 192 Å². The minimum atomic E-state index is -1.58. The molecule has 0 radical (unpaired) electrons. The van der Waals surface area contributed by atoms with Gasteiger partial charge in [-0.2, -0.15) is 0 Å². The summed E-state index contributed by atoms with van der Waals surface area (Å²) in [7, 11) is 0. The molecule has 0 bridgehead atoms. The summed E-state index contributed by atoms with van der Waals surface area (Å²) < 4.78 is 22.7. The normalized spacial score (nSPS) is 41.2. The number of carbonyl (C=O) groups excluding carboxylic acids is 3. The van der Waals surface area contributed by atoms with Crippen LogP contribution in [0, 0.1) is 22.7 Å². The summed E-state index contributed by atoms with van der Waals surface area (Å²) in [5.41, 5.74) is -3.21. The summed E-state index contributed by atoms with van der Waals surface area (Å²) >= 11 is 0. The van der Waals surface area contributed by atoms with Gasteiger partial charge < -0.3 is 33.6 Å². The Hall–Kier alpha value is -2.23. The summed E-state index contributed by atoms with van der Waals surface area (Å²) in [6.45, 7) is 8.35. The quantitative estimate of drug-likeness (QED) is 0.505. The van der Waals surface area contributed by atoms with E-state index in [9.17, 15) is 24.6 Å². The fraction of sp³-hybridized carbons (Fsp3) is 0.708. The van der Waals surface area contributed by atoms with E-state index in [0.29, 0.717) is 11.3 Å². The van der Waals surface area contributed by atoms with Gasteiger partial charge in [0.1, 0.15) is 29.9 Å². The highest BCUT2D eigenvalue weighted by Crippen LogP contribution is 2.66. The molecule has 9 nitrogen and oxygen atoms in total. The number of hydrogen-bond donors (Lipinski definition) is 2. The number of ether oxygens (including phenoxy) is 3. The Kier molecular flexibility index (Phi) is 5.74. The van der Waals surface area contributed by atoms with Crippen molar-refractivity contribution in [1.82, 2.24) is 0 Å². The van der Waals surface area contributed by atoms with E-state index in [1.807, 2.05) is 13.8 Å². The van der Waals surface area contributed by atoms with Crippen molar-refractivity contribution in [2.45, 2.75) is 77.5 Å². The molecule has 2 N–H and O–H groups in total. The van der Waals surface area contributed by atoms with Crippen LogP contribution >= 0.6 is 0 Å². The summed E-state index contributed by atoms with van der Waals surface area (Å²) in [5.74, 6) is -2.95. The molecule has 1 aromatic heterocycles. The van der Waals surface area contributed by atoms with E-state index in [4.69, 9.17) is 18.6 Å². The van der Waals surface area contributed by atoms with Crippen molar-refractivity contribution in [1.29, 1.82) is 0 Å². The lowest BCUT2D eigenvalue weighted by molar-refractivity contribution is -0.302. The zero-order valence-electron chi connectivity index (χ0n) is 19.6. The van der Waals surface area contributed by atoms with Crippen LogP contribution in [0.5, 0.6) is 0 Å².